The Kier molecular flexibility index (Phi) is 3.93. The van der Waals surface area contributed by atoms with Crippen LogP contribution in [0.5, 0.6) is 0 Å². The monoisotopic (exact) mass is 246 g/mol. The molecule has 1 N–H and O–H groups in total. The predicted molar refractivity (Wildman–Crippen MR) is 69.7 cm³/mol. The highest BCUT2D eigenvalue weighted by atomic mass is 16.3. The summed E-state index contributed by atoms with van der Waals surface area (Å²) in [6.07, 6.45) is 3.70. The first-order valence-corrected chi connectivity index (χ1v) is 5.82. The number of hydrogen-bond acceptors (Lipinski definition) is 3. The second kappa shape index (κ2) is 4.91. The van der Waals surface area contributed by atoms with Crippen molar-refractivity contribution in [2.45, 2.75) is 39.7 Å². The van der Waals surface area contributed by atoms with E-state index >= 15 is 0 Å². The summed E-state index contributed by atoms with van der Waals surface area (Å²) in [6, 6.07) is 0. The minimum Gasteiger partial charge on any atom is -0.373 e. The molecule has 0 aliphatic heterocycles. The van der Waals surface area contributed by atoms with Gasteiger partial charge < -0.3 is 5.11 Å². The van der Waals surface area contributed by atoms with Gasteiger partial charge in [0.2, 0.25) is 0 Å². The van der Waals surface area contributed by atoms with Crippen molar-refractivity contribution >= 4 is 12.1 Å². The molecule has 3 nitrogen and oxygen atoms in total. The third-order valence-electron chi connectivity index (χ3n) is 3.30. The molecule has 0 saturated carbocycles. The molecule has 0 fully saturated rings. The Hall–Kier alpha value is -1.66. The molecule has 0 saturated heterocycles. The summed E-state index contributed by atoms with van der Waals surface area (Å²) < 4.78 is 0. The molecule has 1 aliphatic rings. The topological polar surface area (TPSA) is 54.4 Å². The van der Waals surface area contributed by atoms with E-state index in [0.717, 1.165) is 0 Å². The Morgan fingerprint density at radius 1 is 1.50 bits per heavy atom. The van der Waals surface area contributed by atoms with Crippen LogP contribution in [-0.2, 0) is 9.59 Å². The smallest absolute Gasteiger partial charge is 0.156 e. The molecule has 18 heavy (non-hydrogen) atoms. The number of aliphatic hydroxyl groups is 1. The average molecular weight is 246 g/mol. The zero-order chi connectivity index (χ0) is 14.0. The van der Waals surface area contributed by atoms with Gasteiger partial charge >= 0.3 is 0 Å². The number of carbonyl (C=O) groups excluding carboxylic acids is 2. The maximum atomic E-state index is 11.5. The number of allylic oxidation sites excluding steroid dienone is 3. The molecule has 0 aromatic rings. The van der Waals surface area contributed by atoms with Crippen LogP contribution in [0.15, 0.2) is 23.3 Å². The highest BCUT2D eigenvalue weighted by Gasteiger charge is 2.47. The van der Waals surface area contributed by atoms with Crippen molar-refractivity contribution in [2.75, 3.05) is 0 Å². The molecule has 0 aromatic heterocycles. The Morgan fingerprint density at radius 2 is 2.11 bits per heavy atom. The van der Waals surface area contributed by atoms with E-state index in [2.05, 4.69) is 11.8 Å². The van der Waals surface area contributed by atoms with Gasteiger partial charge in [-0.2, -0.15) is 0 Å². The summed E-state index contributed by atoms with van der Waals surface area (Å²) in [5.41, 5.74) is -0.843. The average Bonchev–Trinajstić information content (AvgIpc) is 2.23. The predicted octanol–water partition coefficient (Wildman–Crippen LogP) is 1.81. The number of carbonyl (C=O) groups is 2. The van der Waals surface area contributed by atoms with Crippen molar-refractivity contribution in [1.82, 2.24) is 0 Å². The number of ketones is 1. The van der Waals surface area contributed by atoms with E-state index < -0.39 is 11.0 Å². The van der Waals surface area contributed by atoms with E-state index in [-0.39, 0.29) is 12.2 Å². The van der Waals surface area contributed by atoms with Crippen LogP contribution in [-0.4, -0.2) is 22.8 Å². The first-order chi connectivity index (χ1) is 8.23. The van der Waals surface area contributed by atoms with Crippen LogP contribution in [0, 0.1) is 17.3 Å². The van der Waals surface area contributed by atoms with Crippen molar-refractivity contribution in [2.24, 2.45) is 5.41 Å². The minimum atomic E-state index is -1.33. The molecule has 0 bridgehead atoms. The van der Waals surface area contributed by atoms with E-state index in [1.807, 2.05) is 13.8 Å². The second-order valence-corrected chi connectivity index (χ2v) is 5.30. The number of hydrogen-bond donors (Lipinski definition) is 1. The standard InChI is InChI=1S/C15H18O3/c1-11(6-8-16)5-7-15(18)12(2)9-13(17)10-14(15,3)4/h6,8-9,18H,10H2,1-4H3/b11-6-/t15-/m1/s1. The minimum absolute atomic E-state index is 0.00382. The Bertz CT molecular complexity index is 498. The van der Waals surface area contributed by atoms with Gasteiger partial charge in [-0.15, -0.1) is 0 Å². The van der Waals surface area contributed by atoms with E-state index in [1.165, 1.54) is 12.2 Å². The fraction of sp³-hybridized carbons (Fsp3) is 0.467. The molecule has 0 radical (unpaired) electrons. The summed E-state index contributed by atoms with van der Waals surface area (Å²) in [5, 5.41) is 10.7. The zero-order valence-corrected chi connectivity index (χ0v) is 11.2. The van der Waals surface area contributed by atoms with Gasteiger partial charge in [-0.25, -0.2) is 0 Å². The quantitative estimate of drug-likeness (QED) is 0.436. The van der Waals surface area contributed by atoms with Crippen molar-refractivity contribution in [3.8, 4) is 11.8 Å². The van der Waals surface area contributed by atoms with Gasteiger partial charge in [-0.1, -0.05) is 25.7 Å². The lowest BCUT2D eigenvalue weighted by atomic mass is 9.65. The molecule has 0 aromatic carbocycles. The van der Waals surface area contributed by atoms with Crippen LogP contribution in [0.1, 0.15) is 34.1 Å². The van der Waals surface area contributed by atoms with Crippen LogP contribution in [0.3, 0.4) is 0 Å². The maximum Gasteiger partial charge on any atom is 0.156 e. The maximum absolute atomic E-state index is 11.5. The summed E-state index contributed by atoms with van der Waals surface area (Å²) in [6.45, 7) is 7.03. The molecule has 0 amide bonds. The van der Waals surface area contributed by atoms with Gasteiger partial charge in [0, 0.05) is 17.4 Å². The SMILES string of the molecule is CC1=CC(=O)CC(C)(C)[C@@]1(O)C#C/C(C)=C\C=O. The lowest BCUT2D eigenvalue weighted by molar-refractivity contribution is -0.121. The van der Waals surface area contributed by atoms with E-state index in [0.29, 0.717) is 17.4 Å². The molecule has 1 aliphatic carbocycles. The van der Waals surface area contributed by atoms with Crippen LogP contribution in [0.25, 0.3) is 0 Å². The van der Waals surface area contributed by atoms with Crippen LogP contribution >= 0.6 is 0 Å². The summed E-state index contributed by atoms with van der Waals surface area (Å²) in [5.74, 6) is 5.58. The van der Waals surface area contributed by atoms with Gasteiger partial charge in [-0.3, -0.25) is 9.59 Å². The highest BCUT2D eigenvalue weighted by Crippen LogP contribution is 2.42. The third-order valence-corrected chi connectivity index (χ3v) is 3.30. The van der Waals surface area contributed by atoms with Crippen LogP contribution < -0.4 is 0 Å². The first-order valence-electron chi connectivity index (χ1n) is 5.82. The fourth-order valence-corrected chi connectivity index (χ4v) is 2.09. The van der Waals surface area contributed by atoms with Crippen LogP contribution in [0.2, 0.25) is 0 Å². The lowest BCUT2D eigenvalue weighted by Gasteiger charge is -2.42. The zero-order valence-electron chi connectivity index (χ0n) is 11.2. The Balaban J connectivity index is 3.25. The summed E-state index contributed by atoms with van der Waals surface area (Å²) in [7, 11) is 0. The van der Waals surface area contributed by atoms with E-state index in [9.17, 15) is 14.7 Å². The number of rotatable bonds is 1. The second-order valence-electron chi connectivity index (χ2n) is 5.30. The molecule has 96 valence electrons. The van der Waals surface area contributed by atoms with Gasteiger partial charge in [-0.05, 0) is 31.6 Å². The first kappa shape index (κ1) is 14.4. The Labute approximate surface area is 108 Å². The van der Waals surface area contributed by atoms with Gasteiger partial charge in [0.05, 0.1) is 0 Å². The fourth-order valence-electron chi connectivity index (χ4n) is 2.09. The largest absolute Gasteiger partial charge is 0.373 e. The molecule has 0 heterocycles. The van der Waals surface area contributed by atoms with Crippen molar-refractivity contribution in [3.63, 3.8) is 0 Å². The van der Waals surface area contributed by atoms with Gasteiger partial charge in [0.15, 0.2) is 11.4 Å². The van der Waals surface area contributed by atoms with Crippen LogP contribution in [0.4, 0.5) is 0 Å². The molecule has 0 unspecified atom stereocenters. The molecule has 0 spiro atoms. The van der Waals surface area contributed by atoms with E-state index in [1.54, 1.807) is 13.8 Å². The molecular formula is C15H18O3. The molecule has 1 rings (SSSR count). The number of aldehydes is 1. The van der Waals surface area contributed by atoms with Crippen molar-refractivity contribution < 1.29 is 14.7 Å². The molecule has 1 atom stereocenters. The highest BCUT2D eigenvalue weighted by molar-refractivity contribution is 5.93. The molecular weight excluding hydrogens is 228 g/mol. The van der Waals surface area contributed by atoms with Gasteiger partial charge in [0.25, 0.3) is 0 Å². The van der Waals surface area contributed by atoms with Crippen molar-refractivity contribution in [1.29, 1.82) is 0 Å². The summed E-state index contributed by atoms with van der Waals surface area (Å²) in [4.78, 5) is 21.8. The van der Waals surface area contributed by atoms with Crippen molar-refractivity contribution in [3.05, 3.63) is 23.3 Å². The summed E-state index contributed by atoms with van der Waals surface area (Å²) >= 11 is 0. The third kappa shape index (κ3) is 2.60. The normalized spacial score (nSPS) is 27.1. The Morgan fingerprint density at radius 3 is 2.61 bits per heavy atom. The molecule has 3 heteroatoms. The van der Waals surface area contributed by atoms with E-state index in [4.69, 9.17) is 0 Å². The van der Waals surface area contributed by atoms with Gasteiger partial charge in [0.1, 0.15) is 6.29 Å². The lowest BCUT2D eigenvalue weighted by Crippen LogP contribution is -2.48.